The van der Waals surface area contributed by atoms with Crippen LogP contribution in [0, 0.1) is 0 Å². The van der Waals surface area contributed by atoms with Gasteiger partial charge in [0.25, 0.3) is 0 Å². The van der Waals surface area contributed by atoms with Gasteiger partial charge in [-0.15, -0.1) is 0 Å². The third-order valence-corrected chi connectivity index (χ3v) is 0.694. The second-order valence-electron chi connectivity index (χ2n) is 1.30. The Balaban J connectivity index is 0. The third kappa shape index (κ3) is 7.08. The maximum atomic E-state index is 10.3. The van der Waals surface area contributed by atoms with Crippen LogP contribution in [0.5, 0.6) is 0 Å². The van der Waals surface area contributed by atoms with Crippen LogP contribution in [0.15, 0.2) is 17.8 Å². The second kappa shape index (κ2) is 7.30. The van der Waals surface area contributed by atoms with Crippen LogP contribution in [0.4, 0.5) is 0 Å². The Morgan fingerprint density at radius 2 is 2.00 bits per heavy atom. The Bertz CT molecular complexity index is 181. The van der Waals surface area contributed by atoms with E-state index >= 15 is 0 Å². The number of ether oxygens (including phenoxy) is 2. The average Bonchev–Trinajstić information content (AvgIpc) is 1.99. The smallest absolute Gasteiger partial charge is 0.611 e. The van der Waals surface area contributed by atoms with E-state index in [2.05, 4.69) is 9.47 Å². The molecule has 4 nitrogen and oxygen atoms in total. The Morgan fingerprint density at radius 1 is 1.45 bits per heavy atom. The van der Waals surface area contributed by atoms with Crippen LogP contribution in [-0.4, -0.2) is 20.2 Å². The van der Waals surface area contributed by atoms with E-state index < -0.39 is 11.9 Å². The van der Waals surface area contributed by atoms with Gasteiger partial charge < -0.3 is 14.6 Å². The van der Waals surface area contributed by atoms with Gasteiger partial charge in [-0.3, -0.25) is 0 Å². The normalized spacial score (nSPS) is 6.73. The molecule has 0 amide bonds. The molecule has 0 heterocycles. The number of carbonyl (C=O) groups is 1. The molecule has 0 aromatic rings. The minimum absolute atomic E-state index is 0. The average molecular weight is 150 g/mol. The minimum Gasteiger partial charge on any atom is -0.611 e. The first-order valence-corrected chi connectivity index (χ1v) is 2.46. The fourth-order valence-corrected chi connectivity index (χ4v) is 0.236. The number of esters is 1. The summed E-state index contributed by atoms with van der Waals surface area (Å²) in [6, 6.07) is 0. The van der Waals surface area contributed by atoms with Crippen LogP contribution in [-0.2, 0) is 14.3 Å². The van der Waals surface area contributed by atoms with Crippen LogP contribution in [0.2, 0.25) is 0 Å². The predicted octanol–water partition coefficient (Wildman–Crippen LogP) is -3.83. The molecule has 0 N–H and O–H groups in total. The molecule has 0 unspecified atom stereocenters. The molecule has 0 fully saturated rings. The van der Waals surface area contributed by atoms with E-state index in [1.165, 1.54) is 14.2 Å². The van der Waals surface area contributed by atoms with Gasteiger partial charge in [-0.25, -0.2) is 4.79 Å². The van der Waals surface area contributed by atoms with Gasteiger partial charge in [0.1, 0.15) is 0 Å². The number of hydrogen-bond acceptors (Lipinski definition) is 4. The van der Waals surface area contributed by atoms with E-state index in [9.17, 15) is 9.90 Å². The minimum atomic E-state index is -0.703. The quantitative estimate of drug-likeness (QED) is 0.133. The summed E-state index contributed by atoms with van der Waals surface area (Å²) < 4.78 is 8.34. The van der Waals surface area contributed by atoms with Gasteiger partial charge in [0.15, 0.2) is 0 Å². The summed E-state index contributed by atoms with van der Waals surface area (Å²) >= 11 is 0. The van der Waals surface area contributed by atoms with E-state index in [1.807, 2.05) is 5.73 Å². The van der Waals surface area contributed by atoms with Crippen molar-refractivity contribution in [3.63, 3.8) is 0 Å². The first kappa shape index (κ1) is 12.8. The number of hydrogen-bond donors (Lipinski definition) is 0. The first-order chi connectivity index (χ1) is 4.70. The molecule has 0 aliphatic heterocycles. The van der Waals surface area contributed by atoms with Crippen molar-refractivity contribution in [2.75, 3.05) is 14.2 Å². The molecule has 0 bridgehead atoms. The number of methoxy groups -OCH3 is 2. The first-order valence-electron chi connectivity index (χ1n) is 2.46. The van der Waals surface area contributed by atoms with Gasteiger partial charge in [0.2, 0.25) is 0 Å². The predicted molar refractivity (Wildman–Crippen MR) is 30.6 cm³/mol. The summed E-state index contributed by atoms with van der Waals surface area (Å²) in [5.74, 6) is -1.34. The van der Waals surface area contributed by atoms with E-state index in [-0.39, 0.29) is 18.9 Å². The zero-order valence-electron chi connectivity index (χ0n) is 6.71. The molecule has 0 aromatic carbocycles. The van der Waals surface area contributed by atoms with E-state index in [4.69, 9.17) is 0 Å². The van der Waals surface area contributed by atoms with Gasteiger partial charge in [0, 0.05) is 0 Å². The molecule has 5 heteroatoms. The van der Waals surface area contributed by atoms with Gasteiger partial charge in [0.05, 0.1) is 19.1 Å². The van der Waals surface area contributed by atoms with Gasteiger partial charge >= 0.3 is 24.8 Å². The molecular weight excluding hydrogens is 143 g/mol. The van der Waals surface area contributed by atoms with Gasteiger partial charge in [-0.05, 0) is 7.11 Å². The standard InChI is InChI=1S/C6H8O4.Li/c1-9-5(7)3-4-6(8)10-2;/h3,8H,1-2H3;/q;+1/p-1. The molecule has 0 saturated heterocycles. The van der Waals surface area contributed by atoms with Crippen LogP contribution < -0.4 is 24.0 Å². The molecule has 0 saturated carbocycles. The molecule has 56 valence electrons. The number of carbonyl (C=O) groups excluding carboxylic acids is 1. The molecule has 0 radical (unpaired) electrons. The largest absolute Gasteiger partial charge is 1.00 e. The maximum Gasteiger partial charge on any atom is 1.00 e. The van der Waals surface area contributed by atoms with Crippen LogP contribution in [0.1, 0.15) is 0 Å². The fourth-order valence-electron chi connectivity index (χ4n) is 0.236. The number of rotatable bonds is 2. The topological polar surface area (TPSA) is 58.6 Å². The summed E-state index contributed by atoms with van der Waals surface area (Å²) in [5.41, 5.74) is 2.02. The van der Waals surface area contributed by atoms with Crippen molar-refractivity contribution >= 4 is 5.97 Å². The summed E-state index contributed by atoms with van der Waals surface area (Å²) in [6.45, 7) is 0. The monoisotopic (exact) mass is 150 g/mol. The Morgan fingerprint density at radius 3 is 2.36 bits per heavy atom. The summed E-state index contributed by atoms with van der Waals surface area (Å²) in [6.07, 6.45) is 0.867. The SMILES string of the molecule is COC(=O)C=C=C([O-])OC.[Li+]. The fraction of sp³-hybridized carbons (Fsp3) is 0.333. The molecule has 0 rings (SSSR count). The summed E-state index contributed by atoms with van der Waals surface area (Å²) in [7, 11) is 2.40. The van der Waals surface area contributed by atoms with Crippen molar-refractivity contribution in [3.8, 4) is 0 Å². The second-order valence-corrected chi connectivity index (χ2v) is 1.30. The zero-order valence-corrected chi connectivity index (χ0v) is 6.71. The molecular formula is C6H7LiO4. The van der Waals surface area contributed by atoms with E-state index in [0.717, 1.165) is 6.08 Å². The molecule has 0 aliphatic carbocycles. The third-order valence-electron chi connectivity index (χ3n) is 0.694. The Hall–Kier alpha value is -0.813. The van der Waals surface area contributed by atoms with Gasteiger partial charge in [-0.1, -0.05) is 5.73 Å². The molecule has 0 aliphatic rings. The van der Waals surface area contributed by atoms with Crippen LogP contribution in [0.25, 0.3) is 0 Å². The molecule has 0 aromatic heterocycles. The summed E-state index contributed by atoms with van der Waals surface area (Å²) in [4.78, 5) is 10.3. The maximum absolute atomic E-state index is 10.3. The van der Waals surface area contributed by atoms with Crippen molar-refractivity contribution in [2.45, 2.75) is 0 Å². The molecule has 0 spiro atoms. The Kier molecular flexibility index (Phi) is 8.51. The van der Waals surface area contributed by atoms with Crippen molar-refractivity contribution < 1.29 is 38.2 Å². The molecule has 11 heavy (non-hydrogen) atoms. The van der Waals surface area contributed by atoms with Crippen molar-refractivity contribution in [2.24, 2.45) is 0 Å². The van der Waals surface area contributed by atoms with E-state index in [0.29, 0.717) is 0 Å². The summed E-state index contributed by atoms with van der Waals surface area (Å²) in [5, 5.41) is 10.3. The van der Waals surface area contributed by atoms with Crippen LogP contribution in [0.3, 0.4) is 0 Å². The van der Waals surface area contributed by atoms with Crippen LogP contribution >= 0.6 is 0 Å². The van der Waals surface area contributed by atoms with Gasteiger partial charge in [-0.2, -0.15) is 0 Å². The molecule has 0 atom stereocenters. The van der Waals surface area contributed by atoms with E-state index in [1.54, 1.807) is 0 Å². The van der Waals surface area contributed by atoms with Crippen molar-refractivity contribution in [1.82, 2.24) is 0 Å². The zero-order chi connectivity index (χ0) is 7.98. The van der Waals surface area contributed by atoms with Crippen molar-refractivity contribution in [1.29, 1.82) is 0 Å². The van der Waals surface area contributed by atoms with Crippen molar-refractivity contribution in [3.05, 3.63) is 17.8 Å². The Labute approximate surface area is 76.7 Å².